The normalized spacial score (nSPS) is 21.4. The van der Waals surface area contributed by atoms with Gasteiger partial charge in [0.05, 0.1) is 12.2 Å². The van der Waals surface area contributed by atoms with Crippen LogP contribution in [0.5, 0.6) is 51.7 Å². The van der Waals surface area contributed by atoms with E-state index < -0.39 is 123 Å². The van der Waals surface area contributed by atoms with Crippen molar-refractivity contribution in [1.82, 2.24) is 0 Å². The monoisotopic (exact) mass is 632 g/mol. The number of hydrogen-bond acceptors (Lipinski definition) is 17. The fourth-order valence-electron chi connectivity index (χ4n) is 4.61. The number of phenolic OH excluding ortho intramolecular Hbond substituents is 8. The van der Waals surface area contributed by atoms with Crippen LogP contribution in [0.2, 0.25) is 0 Å². The molecular weight excluding hydrogens is 608 g/mol. The second-order valence-electron chi connectivity index (χ2n) is 9.85. The van der Waals surface area contributed by atoms with Gasteiger partial charge in [-0.15, -0.1) is 0 Å². The Morgan fingerprint density at radius 3 is 1.93 bits per heavy atom. The van der Waals surface area contributed by atoms with Crippen molar-refractivity contribution in [2.24, 2.45) is 0 Å². The highest BCUT2D eigenvalue weighted by atomic mass is 16.7. The molecule has 4 aromatic rings. The third-order valence-electron chi connectivity index (χ3n) is 6.86. The van der Waals surface area contributed by atoms with Crippen LogP contribution in [0.4, 0.5) is 0 Å². The predicted octanol–water partition coefficient (Wildman–Crippen LogP) is 0.148. The Bertz CT molecular complexity index is 1820. The third kappa shape index (κ3) is 5.47. The molecular formula is C28H24O17. The molecule has 5 atom stereocenters. The summed E-state index contributed by atoms with van der Waals surface area (Å²) in [7, 11) is 0. The molecule has 17 heteroatoms. The molecule has 238 valence electrons. The lowest BCUT2D eigenvalue weighted by Crippen LogP contribution is -2.61. The average molecular weight is 632 g/mol. The van der Waals surface area contributed by atoms with Gasteiger partial charge in [0.25, 0.3) is 0 Å². The molecule has 2 heterocycles. The second kappa shape index (κ2) is 11.5. The van der Waals surface area contributed by atoms with Crippen LogP contribution < -0.4 is 10.2 Å². The predicted molar refractivity (Wildman–Crippen MR) is 145 cm³/mol. The van der Waals surface area contributed by atoms with E-state index in [4.69, 9.17) is 18.6 Å². The molecule has 5 rings (SSSR count). The van der Waals surface area contributed by atoms with Crippen LogP contribution in [-0.4, -0.2) is 99.5 Å². The zero-order valence-electron chi connectivity index (χ0n) is 22.4. The quantitative estimate of drug-likeness (QED) is 0.0995. The molecule has 0 radical (unpaired) electrons. The van der Waals surface area contributed by atoms with Gasteiger partial charge in [-0.05, 0) is 24.3 Å². The summed E-state index contributed by atoms with van der Waals surface area (Å²) in [5.41, 5.74) is -2.47. The number of hydrogen-bond donors (Lipinski definition) is 11. The summed E-state index contributed by atoms with van der Waals surface area (Å²) in [6.45, 7) is -0.919. The number of rotatable bonds is 6. The molecule has 0 amide bonds. The van der Waals surface area contributed by atoms with Gasteiger partial charge < -0.3 is 74.8 Å². The molecule has 2 unspecified atom stereocenters. The largest absolute Gasteiger partial charge is 0.508 e. The van der Waals surface area contributed by atoms with Crippen LogP contribution in [0, 0.1) is 0 Å². The number of aliphatic hydroxyl groups excluding tert-OH is 3. The van der Waals surface area contributed by atoms with E-state index in [1.54, 1.807) is 0 Å². The summed E-state index contributed by atoms with van der Waals surface area (Å²) in [6.07, 6.45) is -9.68. The SMILES string of the molecule is O=C(OC1[C@H](Oc2c(-c3cc(O)c(O)c(O)c3)oc3cc(O)cc(O)c3c2=O)OC(CO)[C@@H](O)[C@@H]1O)c1cc(O)c(O)c(O)c1. The maximum Gasteiger partial charge on any atom is 0.339 e. The van der Waals surface area contributed by atoms with Crippen LogP contribution in [0.1, 0.15) is 10.4 Å². The minimum Gasteiger partial charge on any atom is -0.508 e. The lowest BCUT2D eigenvalue weighted by atomic mass is 9.99. The molecule has 1 aromatic heterocycles. The standard InChI is InChI=1S/C28H24O17/c29-7-17-21(38)23(40)26(44-27(41)9-3-14(34)20(37)15(35)4-9)28(43-17)45-25-22(39)18-11(31)5-10(30)6-16(18)42-24(25)8-1-12(32)19(36)13(33)2-8/h1-6,17,21,23,26,28-38,40H,7H2/t17?,21-,23+,26?,28+/m1/s1. The molecule has 1 fully saturated rings. The first-order chi connectivity index (χ1) is 21.2. The Labute approximate surface area is 249 Å². The highest BCUT2D eigenvalue weighted by Gasteiger charge is 2.49. The Kier molecular flexibility index (Phi) is 7.86. The zero-order chi connectivity index (χ0) is 32.9. The molecule has 0 spiro atoms. The highest BCUT2D eigenvalue weighted by Crippen LogP contribution is 2.43. The number of carbonyl (C=O) groups is 1. The summed E-state index contributed by atoms with van der Waals surface area (Å²) in [5, 5.41) is 110. The second-order valence-corrected chi connectivity index (χ2v) is 9.85. The van der Waals surface area contributed by atoms with E-state index in [9.17, 15) is 65.8 Å². The zero-order valence-corrected chi connectivity index (χ0v) is 22.4. The molecule has 45 heavy (non-hydrogen) atoms. The van der Waals surface area contributed by atoms with E-state index in [-0.39, 0.29) is 5.56 Å². The number of fused-ring (bicyclic) bond motifs is 1. The van der Waals surface area contributed by atoms with Crippen LogP contribution in [-0.2, 0) is 9.47 Å². The number of aliphatic hydroxyl groups is 3. The van der Waals surface area contributed by atoms with Gasteiger partial charge in [-0.25, -0.2) is 4.79 Å². The fraction of sp³-hybridized carbons (Fsp3) is 0.214. The van der Waals surface area contributed by atoms with Crippen molar-refractivity contribution in [3.05, 3.63) is 52.2 Å². The van der Waals surface area contributed by atoms with Gasteiger partial charge in [0, 0.05) is 17.7 Å². The maximum absolute atomic E-state index is 13.7. The minimum absolute atomic E-state index is 0.321. The lowest BCUT2D eigenvalue weighted by Gasteiger charge is -2.41. The van der Waals surface area contributed by atoms with Gasteiger partial charge in [0.2, 0.25) is 17.5 Å². The van der Waals surface area contributed by atoms with Crippen molar-refractivity contribution >= 4 is 16.9 Å². The summed E-state index contributed by atoms with van der Waals surface area (Å²) in [4.78, 5) is 26.7. The average Bonchev–Trinajstić information content (AvgIpc) is 2.98. The van der Waals surface area contributed by atoms with Crippen molar-refractivity contribution in [2.75, 3.05) is 6.61 Å². The van der Waals surface area contributed by atoms with Crippen molar-refractivity contribution < 1.29 is 79.6 Å². The maximum atomic E-state index is 13.7. The smallest absolute Gasteiger partial charge is 0.339 e. The van der Waals surface area contributed by atoms with E-state index in [2.05, 4.69) is 0 Å². The third-order valence-corrected chi connectivity index (χ3v) is 6.86. The molecule has 17 nitrogen and oxygen atoms in total. The van der Waals surface area contributed by atoms with Gasteiger partial charge in [0.15, 0.2) is 46.4 Å². The van der Waals surface area contributed by atoms with Crippen molar-refractivity contribution in [3.63, 3.8) is 0 Å². The highest BCUT2D eigenvalue weighted by molar-refractivity contribution is 5.91. The van der Waals surface area contributed by atoms with Crippen molar-refractivity contribution in [1.29, 1.82) is 0 Å². The van der Waals surface area contributed by atoms with E-state index in [1.807, 2.05) is 0 Å². The Balaban J connectivity index is 1.65. The summed E-state index contributed by atoms with van der Waals surface area (Å²) in [6, 6.07) is 4.82. The van der Waals surface area contributed by atoms with E-state index in [1.165, 1.54) is 0 Å². The summed E-state index contributed by atoms with van der Waals surface area (Å²) >= 11 is 0. The molecule has 3 aromatic carbocycles. The molecule has 0 aliphatic carbocycles. The van der Waals surface area contributed by atoms with Gasteiger partial charge in [-0.1, -0.05) is 0 Å². The number of ether oxygens (including phenoxy) is 3. The summed E-state index contributed by atoms with van der Waals surface area (Å²) < 4.78 is 22.1. The van der Waals surface area contributed by atoms with Gasteiger partial charge in [-0.2, -0.15) is 0 Å². The molecule has 11 N–H and O–H groups in total. The number of phenols is 8. The van der Waals surface area contributed by atoms with E-state index in [0.717, 1.165) is 24.3 Å². The van der Waals surface area contributed by atoms with Gasteiger partial charge in [-0.3, -0.25) is 4.79 Å². The number of aromatic hydroxyl groups is 8. The Morgan fingerprint density at radius 1 is 0.778 bits per heavy atom. The fourth-order valence-corrected chi connectivity index (χ4v) is 4.61. The van der Waals surface area contributed by atoms with E-state index in [0.29, 0.717) is 12.1 Å². The van der Waals surface area contributed by atoms with Crippen LogP contribution in [0.15, 0.2) is 45.6 Å². The number of benzene rings is 3. The van der Waals surface area contributed by atoms with E-state index >= 15 is 0 Å². The topological polar surface area (TPSA) is 298 Å². The first kappa shape index (κ1) is 30.8. The van der Waals surface area contributed by atoms with Crippen LogP contribution >= 0.6 is 0 Å². The number of esters is 1. The first-order valence-electron chi connectivity index (χ1n) is 12.7. The number of carbonyl (C=O) groups excluding carboxylic acids is 1. The minimum atomic E-state index is -2.08. The first-order valence-corrected chi connectivity index (χ1v) is 12.7. The van der Waals surface area contributed by atoms with Crippen LogP contribution in [0.3, 0.4) is 0 Å². The molecule has 1 aliphatic heterocycles. The molecule has 1 saturated heterocycles. The summed E-state index contributed by atoms with van der Waals surface area (Å²) in [5.74, 6) is -9.65. The molecule has 1 aliphatic rings. The Hall–Kier alpha value is -5.62. The lowest BCUT2D eigenvalue weighted by molar-refractivity contribution is -0.276. The van der Waals surface area contributed by atoms with Crippen molar-refractivity contribution in [3.8, 4) is 63.1 Å². The van der Waals surface area contributed by atoms with Gasteiger partial charge >= 0.3 is 5.97 Å². The van der Waals surface area contributed by atoms with Crippen molar-refractivity contribution in [2.45, 2.75) is 30.7 Å². The Morgan fingerprint density at radius 2 is 1.36 bits per heavy atom. The molecule has 0 bridgehead atoms. The van der Waals surface area contributed by atoms with Gasteiger partial charge in [0.1, 0.15) is 40.8 Å². The van der Waals surface area contributed by atoms with Crippen LogP contribution in [0.25, 0.3) is 22.3 Å². The molecule has 0 saturated carbocycles.